The fourth-order valence-corrected chi connectivity index (χ4v) is 4.29. The van der Waals surface area contributed by atoms with Crippen LogP contribution in [0.2, 0.25) is 0 Å². The van der Waals surface area contributed by atoms with Gasteiger partial charge in [0.05, 0.1) is 23.3 Å². The minimum Gasteiger partial charge on any atom is -0.473 e. The molecule has 0 radical (unpaired) electrons. The van der Waals surface area contributed by atoms with Crippen LogP contribution in [-0.2, 0) is 0 Å². The van der Waals surface area contributed by atoms with Gasteiger partial charge in [-0.2, -0.15) is 10.2 Å². The number of hydrogen-bond acceptors (Lipinski definition) is 7. The van der Waals surface area contributed by atoms with E-state index in [4.69, 9.17) is 4.74 Å². The molecule has 4 aromatic heterocycles. The van der Waals surface area contributed by atoms with E-state index < -0.39 is 0 Å². The van der Waals surface area contributed by atoms with Gasteiger partial charge < -0.3 is 20.0 Å². The number of rotatable bonds is 5. The van der Waals surface area contributed by atoms with Gasteiger partial charge in [0.1, 0.15) is 11.6 Å². The number of aromatic amines is 2. The van der Waals surface area contributed by atoms with Gasteiger partial charge >= 0.3 is 0 Å². The van der Waals surface area contributed by atoms with Gasteiger partial charge in [-0.3, -0.25) is 9.78 Å². The van der Waals surface area contributed by atoms with Gasteiger partial charge in [-0.25, -0.2) is 4.98 Å². The lowest BCUT2D eigenvalue weighted by Gasteiger charge is -2.10. The number of nitrogens with one attached hydrogen (secondary N) is 3. The molecular weight excluding hydrogens is 430 g/mol. The fraction of sp³-hybridized carbons (Fsp3) is 0.160. The second kappa shape index (κ2) is 8.10. The molecule has 9 heteroatoms. The average molecular weight is 449 g/mol. The minimum absolute atomic E-state index is 0.0880. The number of imidazole rings is 1. The molecule has 1 saturated heterocycles. The zero-order valence-electron chi connectivity index (χ0n) is 18.0. The molecule has 1 aromatic carbocycles. The largest absolute Gasteiger partial charge is 0.473 e. The molecule has 1 aliphatic rings. The number of carbonyl (C=O) groups is 1. The summed E-state index contributed by atoms with van der Waals surface area (Å²) in [6, 6.07) is 12.7. The van der Waals surface area contributed by atoms with Crippen LogP contribution in [0.4, 0.5) is 0 Å². The van der Waals surface area contributed by atoms with Crippen LogP contribution in [0.3, 0.4) is 0 Å². The van der Waals surface area contributed by atoms with Crippen molar-refractivity contribution in [2.24, 2.45) is 0 Å². The molecule has 3 N–H and O–H groups in total. The maximum absolute atomic E-state index is 13.3. The van der Waals surface area contributed by atoms with Crippen molar-refractivity contribution in [1.82, 2.24) is 30.2 Å². The van der Waals surface area contributed by atoms with E-state index in [9.17, 15) is 10.1 Å². The van der Waals surface area contributed by atoms with E-state index in [-0.39, 0.29) is 17.7 Å². The van der Waals surface area contributed by atoms with Crippen molar-refractivity contribution in [3.05, 3.63) is 71.9 Å². The smallest absolute Gasteiger partial charge is 0.228 e. The summed E-state index contributed by atoms with van der Waals surface area (Å²) in [6.07, 6.45) is 6.26. The van der Waals surface area contributed by atoms with Crippen LogP contribution in [0.5, 0.6) is 5.88 Å². The Bertz CT molecular complexity index is 1590. The van der Waals surface area contributed by atoms with Crippen molar-refractivity contribution >= 4 is 27.9 Å². The summed E-state index contributed by atoms with van der Waals surface area (Å²) in [6.45, 7) is 1.72. The average Bonchev–Trinajstić information content (AvgIpc) is 3.63. The molecule has 1 atom stereocenters. The van der Waals surface area contributed by atoms with Crippen molar-refractivity contribution in [3.8, 4) is 23.1 Å². The second-order valence-corrected chi connectivity index (χ2v) is 8.16. The molecule has 6 rings (SSSR count). The lowest BCUT2D eigenvalue weighted by Crippen LogP contribution is -2.20. The molecule has 0 amide bonds. The Labute approximate surface area is 193 Å². The summed E-state index contributed by atoms with van der Waals surface area (Å²) in [5.74, 6) is 0.382. The number of H-pyrrole nitrogens is 2. The molecule has 1 aliphatic heterocycles. The minimum atomic E-state index is -0.291. The number of carbonyl (C=O) groups excluding carboxylic acids is 1. The van der Waals surface area contributed by atoms with Crippen molar-refractivity contribution in [2.45, 2.75) is 12.5 Å². The number of ketones is 1. The zero-order chi connectivity index (χ0) is 23.1. The second-order valence-electron chi connectivity index (χ2n) is 8.16. The van der Waals surface area contributed by atoms with Crippen LogP contribution < -0.4 is 10.1 Å². The van der Waals surface area contributed by atoms with Gasteiger partial charge in [0.2, 0.25) is 11.7 Å². The Balaban J connectivity index is 1.36. The normalized spacial score (nSPS) is 15.6. The number of pyridine rings is 2. The van der Waals surface area contributed by atoms with Crippen molar-refractivity contribution < 1.29 is 9.53 Å². The molecule has 0 aliphatic carbocycles. The van der Waals surface area contributed by atoms with E-state index >= 15 is 0 Å². The highest BCUT2D eigenvalue weighted by atomic mass is 16.5. The molecule has 1 unspecified atom stereocenters. The first-order valence-corrected chi connectivity index (χ1v) is 10.9. The SMILES string of the molecule is N#Cc1ccc(C(=O)c2nc3ccc(OC4CCNC4)nc3[nH]2)cc1-c1cncc2[nH]ccc12. The van der Waals surface area contributed by atoms with E-state index in [2.05, 4.69) is 36.3 Å². The molecule has 5 heterocycles. The number of ether oxygens (including phenoxy) is 1. The third kappa shape index (κ3) is 3.46. The number of nitrogens with zero attached hydrogens (tertiary/aromatic N) is 4. The van der Waals surface area contributed by atoms with Crippen molar-refractivity contribution in [1.29, 1.82) is 5.26 Å². The predicted octanol–water partition coefficient (Wildman–Crippen LogP) is 3.34. The number of benzene rings is 1. The summed E-state index contributed by atoms with van der Waals surface area (Å²) < 4.78 is 5.91. The van der Waals surface area contributed by atoms with Crippen LogP contribution in [0, 0.1) is 11.3 Å². The monoisotopic (exact) mass is 449 g/mol. The number of fused-ring (bicyclic) bond motifs is 2. The molecule has 0 bridgehead atoms. The molecule has 34 heavy (non-hydrogen) atoms. The first-order chi connectivity index (χ1) is 16.7. The number of aromatic nitrogens is 5. The van der Waals surface area contributed by atoms with Gasteiger partial charge in [0.15, 0.2) is 11.5 Å². The molecule has 5 aromatic rings. The maximum atomic E-state index is 13.3. The highest BCUT2D eigenvalue weighted by Crippen LogP contribution is 2.31. The molecule has 0 spiro atoms. The quantitative estimate of drug-likeness (QED) is 0.351. The number of nitriles is 1. The van der Waals surface area contributed by atoms with E-state index in [1.807, 2.05) is 12.3 Å². The predicted molar refractivity (Wildman–Crippen MR) is 125 cm³/mol. The van der Waals surface area contributed by atoms with Crippen LogP contribution in [0.25, 0.3) is 33.2 Å². The Hall–Kier alpha value is -4.55. The van der Waals surface area contributed by atoms with Gasteiger partial charge in [-0.1, -0.05) is 0 Å². The summed E-state index contributed by atoms with van der Waals surface area (Å²) in [5.41, 5.74) is 4.21. The van der Waals surface area contributed by atoms with Gasteiger partial charge in [0.25, 0.3) is 0 Å². The summed E-state index contributed by atoms with van der Waals surface area (Å²) in [5, 5.41) is 13.8. The first-order valence-electron chi connectivity index (χ1n) is 10.9. The lowest BCUT2D eigenvalue weighted by atomic mass is 9.95. The molecule has 0 saturated carbocycles. The molecular formula is C25H19N7O2. The third-order valence-corrected chi connectivity index (χ3v) is 6.00. The Kier molecular flexibility index (Phi) is 4.78. The molecule has 166 valence electrons. The van der Waals surface area contributed by atoms with Crippen LogP contribution in [-0.4, -0.2) is 49.9 Å². The summed E-state index contributed by atoms with van der Waals surface area (Å²) in [4.78, 5) is 32.6. The Morgan fingerprint density at radius 2 is 2.06 bits per heavy atom. The van der Waals surface area contributed by atoms with Crippen molar-refractivity contribution in [2.75, 3.05) is 13.1 Å². The standard InChI is InChI=1S/C25H19N7O2/c26-10-15-2-1-14(9-18(15)19-12-28-13-21-17(19)6-8-29-21)23(33)25-30-20-3-4-22(31-24(20)32-25)34-16-5-7-27-11-16/h1-4,6,8-9,12-13,16,27,29H,5,7,11H2,(H,30,31,32). The topological polar surface area (TPSA) is 132 Å². The van der Waals surface area contributed by atoms with E-state index in [0.29, 0.717) is 33.7 Å². The van der Waals surface area contributed by atoms with E-state index in [0.717, 1.165) is 36.0 Å². The van der Waals surface area contributed by atoms with Gasteiger partial charge in [-0.05, 0) is 43.3 Å². The van der Waals surface area contributed by atoms with E-state index in [1.165, 1.54) is 0 Å². The summed E-state index contributed by atoms with van der Waals surface area (Å²) >= 11 is 0. The van der Waals surface area contributed by atoms with Gasteiger partial charge in [0, 0.05) is 47.1 Å². The van der Waals surface area contributed by atoms with Crippen molar-refractivity contribution in [3.63, 3.8) is 0 Å². The number of hydrogen-bond donors (Lipinski definition) is 3. The first kappa shape index (κ1) is 20.1. The third-order valence-electron chi connectivity index (χ3n) is 6.00. The van der Waals surface area contributed by atoms with Crippen LogP contribution >= 0.6 is 0 Å². The zero-order valence-corrected chi connectivity index (χ0v) is 18.0. The summed E-state index contributed by atoms with van der Waals surface area (Å²) in [7, 11) is 0. The lowest BCUT2D eigenvalue weighted by molar-refractivity contribution is 0.103. The van der Waals surface area contributed by atoms with E-state index in [1.54, 1.807) is 42.7 Å². The van der Waals surface area contributed by atoms with Gasteiger partial charge in [-0.15, -0.1) is 0 Å². The highest BCUT2D eigenvalue weighted by molar-refractivity contribution is 6.09. The molecule has 9 nitrogen and oxygen atoms in total. The Morgan fingerprint density at radius 1 is 1.12 bits per heavy atom. The van der Waals surface area contributed by atoms with Crippen LogP contribution in [0.15, 0.2) is 55.0 Å². The molecule has 1 fully saturated rings. The highest BCUT2D eigenvalue weighted by Gasteiger charge is 2.20. The maximum Gasteiger partial charge on any atom is 0.228 e. The Morgan fingerprint density at radius 3 is 2.91 bits per heavy atom. The van der Waals surface area contributed by atoms with Crippen LogP contribution in [0.1, 0.15) is 28.2 Å². The fourth-order valence-electron chi connectivity index (χ4n) is 4.29.